The molecule has 4 N–H and O–H groups in total. The fraction of sp³-hybridized carbons (Fsp3) is 0.478. The predicted molar refractivity (Wildman–Crippen MR) is 133 cm³/mol. The molecule has 2 aromatic heterocycles. The van der Waals surface area contributed by atoms with Crippen LogP contribution < -0.4 is 16.0 Å². The molecule has 0 saturated carbocycles. The number of aromatic nitrogens is 3. The molecule has 11 heteroatoms. The standard InChI is InChI=1S/C23H33N7O3S/c1-15(2)19-13-26-30-22(27-17-5-7-18(8-6-17)34(32,33)29(3)4)11-21(28-23(19)30)25-12-16-9-10-24-14-20(16)31/h5-8,11,13,15-16,20,24,27,31H,9-10,12,14H2,1-4H3,(H,25,28)/t16-,20+/m1/s1. The fourth-order valence-corrected chi connectivity index (χ4v) is 4.91. The van der Waals surface area contributed by atoms with Crippen LogP contribution in [0.4, 0.5) is 17.3 Å². The molecular formula is C23H33N7O3S. The van der Waals surface area contributed by atoms with Crippen molar-refractivity contribution in [3.63, 3.8) is 0 Å². The number of aliphatic hydroxyl groups is 1. The molecule has 3 aromatic rings. The Kier molecular flexibility index (Phi) is 7.08. The van der Waals surface area contributed by atoms with Crippen LogP contribution in [-0.2, 0) is 10.0 Å². The Morgan fingerprint density at radius 1 is 1.26 bits per heavy atom. The fourth-order valence-electron chi connectivity index (χ4n) is 4.01. The van der Waals surface area contributed by atoms with Gasteiger partial charge in [0.15, 0.2) is 5.65 Å². The number of hydrogen-bond acceptors (Lipinski definition) is 8. The van der Waals surface area contributed by atoms with Crippen LogP contribution in [0, 0.1) is 5.92 Å². The van der Waals surface area contributed by atoms with Gasteiger partial charge in [-0.15, -0.1) is 0 Å². The zero-order valence-corrected chi connectivity index (χ0v) is 20.8. The van der Waals surface area contributed by atoms with Crippen LogP contribution in [0.15, 0.2) is 41.4 Å². The van der Waals surface area contributed by atoms with Crippen molar-refractivity contribution in [2.45, 2.75) is 37.2 Å². The molecule has 1 saturated heterocycles. The van der Waals surface area contributed by atoms with Crippen LogP contribution in [0.1, 0.15) is 31.7 Å². The number of anilines is 3. The second-order valence-electron chi connectivity index (χ2n) is 9.15. The lowest BCUT2D eigenvalue weighted by molar-refractivity contribution is 0.0883. The SMILES string of the molecule is CC(C)c1cnn2c(Nc3ccc(S(=O)(=O)N(C)C)cc3)cc(NC[C@H]3CCNC[C@@H]3O)nc12. The lowest BCUT2D eigenvalue weighted by Gasteiger charge is -2.28. The molecule has 34 heavy (non-hydrogen) atoms. The van der Waals surface area contributed by atoms with E-state index in [1.54, 1.807) is 28.8 Å². The van der Waals surface area contributed by atoms with Gasteiger partial charge in [0.25, 0.3) is 0 Å². The number of piperidine rings is 1. The average molecular weight is 488 g/mol. The number of benzene rings is 1. The average Bonchev–Trinajstić information content (AvgIpc) is 3.23. The van der Waals surface area contributed by atoms with Gasteiger partial charge in [-0.3, -0.25) is 0 Å². The van der Waals surface area contributed by atoms with Crippen molar-refractivity contribution in [2.75, 3.05) is 44.4 Å². The molecule has 184 valence electrons. The minimum atomic E-state index is -3.49. The Labute approximate surface area is 200 Å². The van der Waals surface area contributed by atoms with Crippen molar-refractivity contribution in [3.05, 3.63) is 42.1 Å². The number of rotatable bonds is 8. The Morgan fingerprint density at radius 3 is 2.65 bits per heavy atom. The molecule has 1 aliphatic heterocycles. The predicted octanol–water partition coefficient (Wildman–Crippen LogP) is 2.23. The topological polar surface area (TPSA) is 124 Å². The van der Waals surface area contributed by atoms with Crippen molar-refractivity contribution in [3.8, 4) is 0 Å². The summed E-state index contributed by atoms with van der Waals surface area (Å²) in [5, 5.41) is 24.7. The third-order valence-corrected chi connectivity index (χ3v) is 7.99. The highest BCUT2D eigenvalue weighted by Crippen LogP contribution is 2.27. The zero-order valence-electron chi connectivity index (χ0n) is 20.0. The van der Waals surface area contributed by atoms with Gasteiger partial charge in [-0.1, -0.05) is 13.8 Å². The lowest BCUT2D eigenvalue weighted by Crippen LogP contribution is -2.43. The molecule has 2 atom stereocenters. The van der Waals surface area contributed by atoms with Crippen molar-refractivity contribution in [1.29, 1.82) is 0 Å². The van der Waals surface area contributed by atoms with E-state index >= 15 is 0 Å². The molecule has 1 aliphatic rings. The summed E-state index contributed by atoms with van der Waals surface area (Å²) in [6.45, 7) is 6.31. The third-order valence-electron chi connectivity index (χ3n) is 6.16. The summed E-state index contributed by atoms with van der Waals surface area (Å²) in [5.41, 5.74) is 2.51. The molecule has 0 amide bonds. The van der Waals surface area contributed by atoms with Crippen molar-refractivity contribution < 1.29 is 13.5 Å². The normalized spacial score (nSPS) is 19.1. The Morgan fingerprint density at radius 2 is 2.00 bits per heavy atom. The number of fused-ring (bicyclic) bond motifs is 1. The van der Waals surface area contributed by atoms with E-state index in [9.17, 15) is 13.5 Å². The number of nitrogens with one attached hydrogen (secondary N) is 3. The quantitative estimate of drug-likeness (QED) is 0.381. The number of hydrogen-bond donors (Lipinski definition) is 4. The van der Waals surface area contributed by atoms with Gasteiger partial charge in [-0.25, -0.2) is 17.7 Å². The van der Waals surface area contributed by atoms with Gasteiger partial charge in [0.1, 0.15) is 11.6 Å². The molecule has 0 unspecified atom stereocenters. The molecule has 0 spiro atoms. The van der Waals surface area contributed by atoms with Gasteiger partial charge in [-0.2, -0.15) is 9.61 Å². The molecule has 0 aliphatic carbocycles. The first kappa shape index (κ1) is 24.4. The highest BCUT2D eigenvalue weighted by molar-refractivity contribution is 7.89. The molecule has 0 radical (unpaired) electrons. The lowest BCUT2D eigenvalue weighted by atomic mass is 9.95. The van der Waals surface area contributed by atoms with E-state index in [-0.39, 0.29) is 22.8 Å². The van der Waals surface area contributed by atoms with Crippen LogP contribution >= 0.6 is 0 Å². The van der Waals surface area contributed by atoms with Gasteiger partial charge in [0.05, 0.1) is 17.2 Å². The van der Waals surface area contributed by atoms with Crippen LogP contribution in [-0.4, -0.2) is 72.3 Å². The second kappa shape index (κ2) is 9.87. The summed E-state index contributed by atoms with van der Waals surface area (Å²) in [6, 6.07) is 8.50. The first-order chi connectivity index (χ1) is 16.2. The third kappa shape index (κ3) is 5.02. The largest absolute Gasteiger partial charge is 0.391 e. The Bertz CT molecular complexity index is 1240. The summed E-state index contributed by atoms with van der Waals surface area (Å²) in [4.78, 5) is 5.03. The molecule has 1 aromatic carbocycles. The van der Waals surface area contributed by atoms with Gasteiger partial charge in [0.2, 0.25) is 10.0 Å². The molecule has 1 fully saturated rings. The molecule has 4 rings (SSSR count). The van der Waals surface area contributed by atoms with Crippen LogP contribution in [0.3, 0.4) is 0 Å². The number of sulfonamides is 1. The van der Waals surface area contributed by atoms with Crippen LogP contribution in [0.2, 0.25) is 0 Å². The summed E-state index contributed by atoms with van der Waals surface area (Å²) >= 11 is 0. The van der Waals surface area contributed by atoms with Gasteiger partial charge in [0, 0.05) is 50.4 Å². The van der Waals surface area contributed by atoms with Crippen molar-refractivity contribution in [1.82, 2.24) is 24.2 Å². The minimum absolute atomic E-state index is 0.149. The first-order valence-electron chi connectivity index (χ1n) is 11.5. The first-order valence-corrected chi connectivity index (χ1v) is 12.9. The summed E-state index contributed by atoms with van der Waals surface area (Å²) in [5.74, 6) is 1.79. The molecule has 0 bridgehead atoms. The van der Waals surface area contributed by atoms with Crippen LogP contribution in [0.5, 0.6) is 0 Å². The smallest absolute Gasteiger partial charge is 0.242 e. The highest BCUT2D eigenvalue weighted by Gasteiger charge is 2.23. The maximum absolute atomic E-state index is 12.4. The van der Waals surface area contributed by atoms with E-state index < -0.39 is 10.0 Å². The maximum atomic E-state index is 12.4. The van der Waals surface area contributed by atoms with Crippen LogP contribution in [0.25, 0.3) is 5.65 Å². The maximum Gasteiger partial charge on any atom is 0.242 e. The van der Waals surface area contributed by atoms with E-state index in [4.69, 9.17) is 4.98 Å². The molecular weight excluding hydrogens is 454 g/mol. The van der Waals surface area contributed by atoms with Gasteiger partial charge >= 0.3 is 0 Å². The van der Waals surface area contributed by atoms with E-state index in [1.807, 2.05) is 12.3 Å². The van der Waals surface area contributed by atoms with Crippen molar-refractivity contribution in [2.24, 2.45) is 5.92 Å². The highest BCUT2D eigenvalue weighted by atomic mass is 32.2. The number of β-amino-alcohol motifs (C(OH)–C–C–N with tert-alkyl or cyclic N) is 1. The number of aliphatic hydroxyl groups excluding tert-OH is 1. The summed E-state index contributed by atoms with van der Waals surface area (Å²) in [6.07, 6.45) is 2.33. The van der Waals surface area contributed by atoms with Gasteiger partial charge < -0.3 is 21.1 Å². The minimum Gasteiger partial charge on any atom is -0.391 e. The molecule has 10 nitrogen and oxygen atoms in total. The van der Waals surface area contributed by atoms with Gasteiger partial charge in [-0.05, 0) is 43.1 Å². The summed E-state index contributed by atoms with van der Waals surface area (Å²) < 4.78 is 27.7. The second-order valence-corrected chi connectivity index (χ2v) is 11.3. The Balaban J connectivity index is 1.63. The number of nitrogens with zero attached hydrogens (tertiary/aromatic N) is 4. The summed E-state index contributed by atoms with van der Waals surface area (Å²) in [7, 11) is -0.473. The molecule has 3 heterocycles. The van der Waals surface area contributed by atoms with E-state index in [2.05, 4.69) is 34.9 Å². The van der Waals surface area contributed by atoms with E-state index in [0.717, 1.165) is 29.9 Å². The van der Waals surface area contributed by atoms with E-state index in [1.165, 1.54) is 18.4 Å². The monoisotopic (exact) mass is 487 g/mol. The van der Waals surface area contributed by atoms with Crippen molar-refractivity contribution >= 4 is 33.0 Å². The Hall–Kier alpha value is -2.73. The van der Waals surface area contributed by atoms with E-state index in [0.29, 0.717) is 24.7 Å². The zero-order chi connectivity index (χ0) is 24.5.